The molecule has 0 aliphatic carbocycles. The van der Waals surface area contributed by atoms with Gasteiger partial charge in [0.2, 0.25) is 0 Å². The van der Waals surface area contributed by atoms with Gasteiger partial charge >= 0.3 is 6.09 Å². The topological polar surface area (TPSA) is 66.9 Å². The summed E-state index contributed by atoms with van der Waals surface area (Å²) in [4.78, 5) is 17.8. The Hall–Kier alpha value is -2.38. The van der Waals surface area contributed by atoms with Crippen LogP contribution in [-0.4, -0.2) is 62.8 Å². The molecular formula is C24H28N2O4S. The van der Waals surface area contributed by atoms with Crippen LogP contribution in [0.5, 0.6) is 0 Å². The van der Waals surface area contributed by atoms with Crippen LogP contribution in [0.1, 0.15) is 35.6 Å². The number of amides is 1. The van der Waals surface area contributed by atoms with E-state index in [1.54, 1.807) is 12.1 Å². The van der Waals surface area contributed by atoms with Crippen molar-refractivity contribution in [2.75, 3.05) is 32.4 Å². The van der Waals surface area contributed by atoms with Crippen LogP contribution in [0.15, 0.2) is 53.4 Å². The van der Waals surface area contributed by atoms with E-state index in [0.29, 0.717) is 12.5 Å². The van der Waals surface area contributed by atoms with Crippen molar-refractivity contribution < 1.29 is 17.9 Å². The molecular weight excluding hydrogens is 412 g/mol. The zero-order valence-electron chi connectivity index (χ0n) is 17.7. The van der Waals surface area contributed by atoms with Crippen molar-refractivity contribution in [2.24, 2.45) is 5.92 Å². The van der Waals surface area contributed by atoms with Crippen molar-refractivity contribution in [3.8, 4) is 0 Å². The second kappa shape index (κ2) is 7.95. The summed E-state index contributed by atoms with van der Waals surface area (Å²) >= 11 is 0. The predicted molar refractivity (Wildman–Crippen MR) is 118 cm³/mol. The van der Waals surface area contributed by atoms with Gasteiger partial charge in [-0.3, -0.25) is 9.80 Å². The van der Waals surface area contributed by atoms with Gasteiger partial charge < -0.3 is 4.74 Å². The maximum Gasteiger partial charge on any atom is 0.410 e. The molecule has 0 unspecified atom stereocenters. The summed E-state index contributed by atoms with van der Waals surface area (Å²) in [5.41, 5.74) is 3.18. The van der Waals surface area contributed by atoms with E-state index in [1.165, 1.54) is 11.8 Å². The van der Waals surface area contributed by atoms with Crippen LogP contribution in [0.4, 0.5) is 4.79 Å². The number of carbonyl (C=O) groups excluding carboxylic acids is 1. The normalized spacial score (nSPS) is 27.6. The first kappa shape index (κ1) is 20.5. The van der Waals surface area contributed by atoms with Crippen molar-refractivity contribution in [2.45, 2.75) is 36.3 Å². The summed E-state index contributed by atoms with van der Waals surface area (Å²) in [6, 6.07) is 14.8. The first-order valence-electron chi connectivity index (χ1n) is 11.0. The van der Waals surface area contributed by atoms with Gasteiger partial charge in [-0.05, 0) is 67.1 Å². The van der Waals surface area contributed by atoms with E-state index in [2.05, 4.69) is 17.0 Å². The number of piperidine rings is 3. The third-order valence-corrected chi connectivity index (χ3v) is 8.12. The lowest BCUT2D eigenvalue weighted by atomic mass is 9.86. The summed E-state index contributed by atoms with van der Waals surface area (Å²) < 4.78 is 29.8. The summed E-state index contributed by atoms with van der Waals surface area (Å²) in [5.74, 6) is 0.457. The molecule has 4 aliphatic heterocycles. The Balaban J connectivity index is 1.45. The number of ether oxygens (including phenoxy) is 1. The van der Waals surface area contributed by atoms with E-state index in [0.717, 1.165) is 50.0 Å². The molecule has 2 bridgehead atoms. The fourth-order valence-corrected chi connectivity index (χ4v) is 5.89. The van der Waals surface area contributed by atoms with Gasteiger partial charge in [0, 0.05) is 19.3 Å². The van der Waals surface area contributed by atoms with Crippen LogP contribution >= 0.6 is 0 Å². The molecule has 0 radical (unpaired) electrons. The van der Waals surface area contributed by atoms with Gasteiger partial charge in [-0.1, -0.05) is 36.4 Å². The van der Waals surface area contributed by atoms with Crippen LogP contribution in [0.25, 0.3) is 0 Å². The molecule has 2 aromatic carbocycles. The number of nitrogens with zero attached hydrogens (tertiary/aromatic N) is 2. The molecule has 0 spiro atoms. The standard InChI is InChI=1S/C24H28N2O4S/c1-31(28,29)20-8-6-19(7-9-20)23-21-5-3-2-4-17(21)12-15-26(23)24(27)30-22-16-25-13-10-18(22)11-14-25/h2-9,18,22-23H,10-16H2,1H3/t22-,23-/m1/s1. The van der Waals surface area contributed by atoms with Crippen LogP contribution in [0, 0.1) is 5.92 Å². The molecule has 4 aliphatic rings. The third kappa shape index (κ3) is 3.96. The Bertz CT molecular complexity index is 1080. The smallest absolute Gasteiger partial charge is 0.410 e. The van der Waals surface area contributed by atoms with Gasteiger partial charge in [0.15, 0.2) is 9.84 Å². The number of hydrogen-bond donors (Lipinski definition) is 0. The first-order valence-corrected chi connectivity index (χ1v) is 12.9. The molecule has 7 heteroatoms. The minimum Gasteiger partial charge on any atom is -0.444 e. The van der Waals surface area contributed by atoms with Crippen molar-refractivity contribution in [3.05, 3.63) is 65.2 Å². The Morgan fingerprint density at radius 1 is 1.00 bits per heavy atom. The molecule has 0 N–H and O–H groups in total. The van der Waals surface area contributed by atoms with E-state index in [9.17, 15) is 13.2 Å². The molecule has 3 fully saturated rings. The van der Waals surface area contributed by atoms with E-state index in [1.807, 2.05) is 29.2 Å². The third-order valence-electron chi connectivity index (χ3n) is 6.99. The number of rotatable bonds is 3. The highest BCUT2D eigenvalue weighted by Gasteiger charge is 2.39. The van der Waals surface area contributed by atoms with Crippen LogP contribution in [-0.2, 0) is 21.0 Å². The molecule has 4 heterocycles. The molecule has 6 nitrogen and oxygen atoms in total. The van der Waals surface area contributed by atoms with Crippen molar-refractivity contribution in [3.63, 3.8) is 0 Å². The number of fused-ring (bicyclic) bond motifs is 4. The van der Waals surface area contributed by atoms with Gasteiger partial charge in [-0.15, -0.1) is 0 Å². The maximum absolute atomic E-state index is 13.4. The lowest BCUT2D eigenvalue weighted by Crippen LogP contribution is -2.53. The second-order valence-electron chi connectivity index (χ2n) is 8.95. The summed E-state index contributed by atoms with van der Waals surface area (Å²) in [6.07, 6.45) is 3.86. The quantitative estimate of drug-likeness (QED) is 0.733. The number of sulfone groups is 1. The van der Waals surface area contributed by atoms with Crippen molar-refractivity contribution in [1.29, 1.82) is 0 Å². The van der Waals surface area contributed by atoms with Gasteiger partial charge in [0.1, 0.15) is 6.10 Å². The number of hydrogen-bond acceptors (Lipinski definition) is 5. The molecule has 164 valence electrons. The zero-order chi connectivity index (χ0) is 21.6. The minimum absolute atomic E-state index is 0.0413. The highest BCUT2D eigenvalue weighted by molar-refractivity contribution is 7.90. The van der Waals surface area contributed by atoms with E-state index < -0.39 is 9.84 Å². The van der Waals surface area contributed by atoms with E-state index in [4.69, 9.17) is 4.74 Å². The first-order chi connectivity index (χ1) is 14.9. The average Bonchev–Trinajstić information content (AvgIpc) is 2.78. The largest absolute Gasteiger partial charge is 0.444 e. The number of benzene rings is 2. The molecule has 31 heavy (non-hydrogen) atoms. The molecule has 2 aromatic rings. The van der Waals surface area contributed by atoms with Crippen LogP contribution in [0.3, 0.4) is 0 Å². The number of carbonyl (C=O) groups is 1. The Labute approximate surface area is 183 Å². The van der Waals surface area contributed by atoms with Gasteiger partial charge in [0.25, 0.3) is 0 Å². The maximum atomic E-state index is 13.4. The molecule has 3 saturated heterocycles. The lowest BCUT2D eigenvalue weighted by molar-refractivity contribution is -0.0462. The summed E-state index contributed by atoms with van der Waals surface area (Å²) in [7, 11) is -3.27. The molecule has 0 saturated carbocycles. The summed E-state index contributed by atoms with van der Waals surface area (Å²) in [5, 5.41) is 0. The lowest BCUT2D eigenvalue weighted by Gasteiger charge is -2.45. The molecule has 6 rings (SSSR count). The van der Waals surface area contributed by atoms with E-state index >= 15 is 0 Å². The average molecular weight is 441 g/mol. The van der Waals surface area contributed by atoms with Crippen molar-refractivity contribution >= 4 is 15.9 Å². The van der Waals surface area contributed by atoms with E-state index in [-0.39, 0.29) is 23.1 Å². The SMILES string of the molecule is CS(=O)(=O)c1ccc([C@@H]2c3ccccc3CCN2C(=O)O[C@@H]2CN3CCC2CC3)cc1. The van der Waals surface area contributed by atoms with Gasteiger partial charge in [-0.25, -0.2) is 13.2 Å². The van der Waals surface area contributed by atoms with Crippen molar-refractivity contribution in [1.82, 2.24) is 9.80 Å². The minimum atomic E-state index is -3.27. The molecule has 0 aromatic heterocycles. The highest BCUT2D eigenvalue weighted by Crippen LogP contribution is 2.37. The monoisotopic (exact) mass is 440 g/mol. The van der Waals surface area contributed by atoms with Gasteiger partial charge in [0.05, 0.1) is 10.9 Å². The Kier molecular flexibility index (Phi) is 5.26. The Morgan fingerprint density at radius 2 is 1.71 bits per heavy atom. The summed E-state index contributed by atoms with van der Waals surface area (Å²) in [6.45, 7) is 3.61. The second-order valence-corrected chi connectivity index (χ2v) is 11.0. The fraction of sp³-hybridized carbons (Fsp3) is 0.458. The Morgan fingerprint density at radius 3 is 2.35 bits per heavy atom. The predicted octanol–water partition coefficient (Wildman–Crippen LogP) is 3.27. The van der Waals surface area contributed by atoms with Gasteiger partial charge in [-0.2, -0.15) is 0 Å². The molecule has 1 amide bonds. The van der Waals surface area contributed by atoms with Crippen LogP contribution < -0.4 is 0 Å². The van der Waals surface area contributed by atoms with Crippen LogP contribution in [0.2, 0.25) is 0 Å². The zero-order valence-corrected chi connectivity index (χ0v) is 18.6. The molecule has 2 atom stereocenters. The fourth-order valence-electron chi connectivity index (χ4n) is 5.26. The highest BCUT2D eigenvalue weighted by atomic mass is 32.2.